The lowest BCUT2D eigenvalue weighted by Crippen LogP contribution is -2.23. The van der Waals surface area contributed by atoms with Crippen molar-refractivity contribution < 1.29 is 9.53 Å². The molecule has 0 atom stereocenters. The van der Waals surface area contributed by atoms with Crippen molar-refractivity contribution in [2.24, 2.45) is 7.05 Å². The van der Waals surface area contributed by atoms with Crippen LogP contribution in [-0.4, -0.2) is 32.1 Å². The Morgan fingerprint density at radius 3 is 2.50 bits per heavy atom. The van der Waals surface area contributed by atoms with Crippen molar-refractivity contribution in [3.63, 3.8) is 0 Å². The number of carbonyl (C=O) groups excluding carboxylic acids is 1. The number of para-hydroxylation sites is 1. The second kappa shape index (κ2) is 7.22. The largest absolute Gasteiger partial charge is 0.477 e. The third-order valence-corrected chi connectivity index (χ3v) is 3.96. The summed E-state index contributed by atoms with van der Waals surface area (Å²) in [6, 6.07) is 12.3. The summed E-state index contributed by atoms with van der Waals surface area (Å²) in [5.74, 6) is -0.169. The summed E-state index contributed by atoms with van der Waals surface area (Å²) in [5, 5.41) is 10.3. The quantitative estimate of drug-likeness (QED) is 0.757. The zero-order valence-electron chi connectivity index (χ0n) is 14.8. The van der Waals surface area contributed by atoms with E-state index in [0.717, 1.165) is 0 Å². The third-order valence-electron chi connectivity index (χ3n) is 3.96. The Morgan fingerprint density at radius 2 is 1.88 bits per heavy atom. The minimum Gasteiger partial charge on any atom is -0.477 e. The Kier molecular flexibility index (Phi) is 4.83. The maximum absolute atomic E-state index is 12.8. The Hall–Kier alpha value is -3.42. The number of ether oxygens (including phenoxy) is 1. The van der Waals surface area contributed by atoms with Crippen LogP contribution in [0.25, 0.3) is 5.69 Å². The van der Waals surface area contributed by atoms with Crippen LogP contribution >= 0.6 is 0 Å². The molecule has 2 aromatic heterocycles. The molecular formula is C18H19N5O3. The molecule has 0 unspecified atom stereocenters. The van der Waals surface area contributed by atoms with Gasteiger partial charge in [-0.3, -0.25) is 14.3 Å². The molecule has 0 aliphatic rings. The molecule has 0 saturated heterocycles. The first-order valence-corrected chi connectivity index (χ1v) is 8.14. The standard InChI is InChI=1S/C18H19N5O3/c1-4-26-15-11-10-14(20-21-15)17(24)19-16-12(2)22(3)23(18(16)25)13-8-6-5-7-9-13/h5-11H,4H2,1-3H3,(H,19,24). The molecule has 0 saturated carbocycles. The van der Waals surface area contributed by atoms with E-state index in [9.17, 15) is 9.59 Å². The lowest BCUT2D eigenvalue weighted by molar-refractivity contribution is 0.102. The summed E-state index contributed by atoms with van der Waals surface area (Å²) >= 11 is 0. The molecule has 0 spiro atoms. The van der Waals surface area contributed by atoms with E-state index < -0.39 is 5.91 Å². The molecule has 134 valence electrons. The summed E-state index contributed by atoms with van der Waals surface area (Å²) in [5.41, 5.74) is 1.33. The van der Waals surface area contributed by atoms with E-state index in [1.165, 1.54) is 10.7 Å². The van der Waals surface area contributed by atoms with Gasteiger partial charge in [0.15, 0.2) is 5.69 Å². The zero-order valence-corrected chi connectivity index (χ0v) is 14.8. The first-order chi connectivity index (χ1) is 12.5. The van der Waals surface area contributed by atoms with Crippen LogP contribution in [0.5, 0.6) is 5.88 Å². The van der Waals surface area contributed by atoms with Gasteiger partial charge in [-0.05, 0) is 32.0 Å². The molecule has 1 amide bonds. The minimum atomic E-state index is -0.508. The highest BCUT2D eigenvalue weighted by molar-refractivity contribution is 6.03. The number of nitrogens with one attached hydrogen (secondary N) is 1. The Balaban J connectivity index is 1.91. The molecule has 0 fully saturated rings. The van der Waals surface area contributed by atoms with Crippen LogP contribution < -0.4 is 15.6 Å². The number of anilines is 1. The van der Waals surface area contributed by atoms with Crippen LogP contribution in [0, 0.1) is 6.92 Å². The van der Waals surface area contributed by atoms with E-state index in [2.05, 4.69) is 15.5 Å². The molecule has 8 heteroatoms. The topological polar surface area (TPSA) is 91.0 Å². The second-order valence-corrected chi connectivity index (χ2v) is 5.58. The number of carbonyl (C=O) groups is 1. The fourth-order valence-corrected chi connectivity index (χ4v) is 2.56. The number of benzene rings is 1. The number of nitrogens with zero attached hydrogens (tertiary/aromatic N) is 4. The molecule has 0 aliphatic heterocycles. The number of hydrogen-bond donors (Lipinski definition) is 1. The predicted octanol–water partition coefficient (Wildman–Crippen LogP) is 1.93. The van der Waals surface area contributed by atoms with Gasteiger partial charge in [0.2, 0.25) is 5.88 Å². The van der Waals surface area contributed by atoms with Crippen molar-refractivity contribution in [3.8, 4) is 11.6 Å². The number of amides is 1. The van der Waals surface area contributed by atoms with E-state index in [1.807, 2.05) is 37.3 Å². The van der Waals surface area contributed by atoms with E-state index in [4.69, 9.17) is 4.74 Å². The van der Waals surface area contributed by atoms with Gasteiger partial charge in [0.05, 0.1) is 18.0 Å². The highest BCUT2D eigenvalue weighted by atomic mass is 16.5. The fourth-order valence-electron chi connectivity index (χ4n) is 2.56. The van der Waals surface area contributed by atoms with Gasteiger partial charge in [-0.25, -0.2) is 4.68 Å². The summed E-state index contributed by atoms with van der Waals surface area (Å²) in [6.45, 7) is 4.06. The monoisotopic (exact) mass is 353 g/mol. The maximum atomic E-state index is 12.8. The lowest BCUT2D eigenvalue weighted by Gasteiger charge is -2.07. The molecule has 0 aliphatic carbocycles. The molecule has 26 heavy (non-hydrogen) atoms. The van der Waals surface area contributed by atoms with Gasteiger partial charge in [-0.2, -0.15) is 0 Å². The second-order valence-electron chi connectivity index (χ2n) is 5.58. The smallest absolute Gasteiger partial charge is 0.295 e. The highest BCUT2D eigenvalue weighted by Gasteiger charge is 2.19. The van der Waals surface area contributed by atoms with Gasteiger partial charge in [-0.1, -0.05) is 18.2 Å². The van der Waals surface area contributed by atoms with Gasteiger partial charge in [0.25, 0.3) is 11.5 Å². The molecule has 0 bridgehead atoms. The van der Waals surface area contributed by atoms with Crippen molar-refractivity contribution in [2.45, 2.75) is 13.8 Å². The summed E-state index contributed by atoms with van der Waals surface area (Å²) < 4.78 is 8.39. The molecule has 1 aromatic carbocycles. The first kappa shape index (κ1) is 17.4. The molecule has 2 heterocycles. The Morgan fingerprint density at radius 1 is 1.15 bits per heavy atom. The van der Waals surface area contributed by atoms with Gasteiger partial charge >= 0.3 is 0 Å². The van der Waals surface area contributed by atoms with Crippen LogP contribution in [0.15, 0.2) is 47.3 Å². The Bertz CT molecular complexity index is 975. The summed E-state index contributed by atoms with van der Waals surface area (Å²) in [7, 11) is 1.76. The zero-order chi connectivity index (χ0) is 18.7. The van der Waals surface area contributed by atoms with Crippen LogP contribution in [-0.2, 0) is 7.05 Å². The van der Waals surface area contributed by atoms with Gasteiger partial charge in [0.1, 0.15) is 5.69 Å². The van der Waals surface area contributed by atoms with Crippen LogP contribution in [0.3, 0.4) is 0 Å². The lowest BCUT2D eigenvalue weighted by atomic mass is 10.3. The maximum Gasteiger partial charge on any atom is 0.295 e. The van der Waals surface area contributed by atoms with Crippen molar-refractivity contribution in [3.05, 3.63) is 64.2 Å². The molecular weight excluding hydrogens is 334 g/mol. The van der Waals surface area contributed by atoms with Crippen molar-refractivity contribution in [1.82, 2.24) is 19.6 Å². The van der Waals surface area contributed by atoms with Crippen LogP contribution in [0.4, 0.5) is 5.69 Å². The summed E-state index contributed by atoms with van der Waals surface area (Å²) in [6.07, 6.45) is 0. The average Bonchev–Trinajstić information content (AvgIpc) is 2.86. The molecule has 0 radical (unpaired) electrons. The minimum absolute atomic E-state index is 0.0994. The molecule has 3 rings (SSSR count). The van der Waals surface area contributed by atoms with Gasteiger partial charge < -0.3 is 10.1 Å². The number of aromatic nitrogens is 4. The number of hydrogen-bond acceptors (Lipinski definition) is 5. The van der Waals surface area contributed by atoms with E-state index in [1.54, 1.807) is 24.7 Å². The van der Waals surface area contributed by atoms with E-state index >= 15 is 0 Å². The van der Waals surface area contributed by atoms with Crippen LogP contribution in [0.2, 0.25) is 0 Å². The van der Waals surface area contributed by atoms with Crippen molar-refractivity contribution in [1.29, 1.82) is 0 Å². The first-order valence-electron chi connectivity index (χ1n) is 8.14. The number of rotatable bonds is 5. The highest BCUT2D eigenvalue weighted by Crippen LogP contribution is 2.15. The third kappa shape index (κ3) is 3.21. The normalized spacial score (nSPS) is 10.6. The van der Waals surface area contributed by atoms with Gasteiger partial charge in [-0.15, -0.1) is 10.2 Å². The average molecular weight is 353 g/mol. The Labute approximate surface area is 150 Å². The summed E-state index contributed by atoms with van der Waals surface area (Å²) in [4.78, 5) is 25.2. The van der Waals surface area contributed by atoms with E-state index in [0.29, 0.717) is 23.9 Å². The van der Waals surface area contributed by atoms with E-state index in [-0.39, 0.29) is 16.9 Å². The van der Waals surface area contributed by atoms with Gasteiger partial charge in [0, 0.05) is 13.1 Å². The molecule has 3 aromatic rings. The molecule has 1 N–H and O–H groups in total. The predicted molar refractivity (Wildman–Crippen MR) is 96.9 cm³/mol. The molecule has 8 nitrogen and oxygen atoms in total. The van der Waals surface area contributed by atoms with Crippen molar-refractivity contribution in [2.75, 3.05) is 11.9 Å². The van der Waals surface area contributed by atoms with Crippen LogP contribution in [0.1, 0.15) is 23.1 Å². The SMILES string of the molecule is CCOc1ccc(C(=O)Nc2c(C)n(C)n(-c3ccccc3)c2=O)nn1. The fraction of sp³-hybridized carbons (Fsp3) is 0.222. The van der Waals surface area contributed by atoms with Crippen molar-refractivity contribution >= 4 is 11.6 Å².